The molecule has 1 aliphatic heterocycles. The van der Waals surface area contributed by atoms with Crippen molar-refractivity contribution < 1.29 is 38.1 Å². The number of esters is 4. The zero-order valence-electron chi connectivity index (χ0n) is 22.0. The van der Waals surface area contributed by atoms with Gasteiger partial charge in [-0.1, -0.05) is 25.5 Å². The van der Waals surface area contributed by atoms with Gasteiger partial charge in [0.1, 0.15) is 17.8 Å². The number of carbonyl (C=O) groups excluding carboxylic acids is 4. The van der Waals surface area contributed by atoms with E-state index in [-0.39, 0.29) is 53.1 Å². The molecular formula is C28H38O8. The molecule has 1 spiro atoms. The average Bonchev–Trinajstić information content (AvgIpc) is 3.31. The Morgan fingerprint density at radius 3 is 2.36 bits per heavy atom. The standard InChI is InChI=1S/C28H38O8/c1-15(29)34-18-6-9-26(3)17(12-18)13-19(25(32)33-5)23-20-7-10-28(11-8-22(31)36-28)27(20,4)14-21(24(23)26)35-16(2)30/h13,18-21,23-24H,6-12,14H2,1-5H3/t18-,19?,20?,21?,23?,24?,26-,27-,28+/m0/s1. The largest absolute Gasteiger partial charge is 0.469 e. The lowest BCUT2D eigenvalue weighted by Crippen LogP contribution is -2.62. The third-order valence-electron chi connectivity index (χ3n) is 10.5. The maximum Gasteiger partial charge on any atom is 0.312 e. The van der Waals surface area contributed by atoms with Gasteiger partial charge in [0.25, 0.3) is 0 Å². The van der Waals surface area contributed by atoms with Crippen LogP contribution in [0.5, 0.6) is 0 Å². The summed E-state index contributed by atoms with van der Waals surface area (Å²) in [6.45, 7) is 7.23. The van der Waals surface area contributed by atoms with E-state index in [1.54, 1.807) is 0 Å². The number of ether oxygens (including phenoxy) is 4. The van der Waals surface area contributed by atoms with Crippen LogP contribution in [0.1, 0.15) is 79.1 Å². The second-order valence-electron chi connectivity index (χ2n) is 12.1. The third-order valence-corrected chi connectivity index (χ3v) is 10.5. The summed E-state index contributed by atoms with van der Waals surface area (Å²) in [6.07, 6.45) is 6.71. The molecule has 9 atom stereocenters. The predicted octanol–water partition coefficient (Wildman–Crippen LogP) is 3.90. The fourth-order valence-electron chi connectivity index (χ4n) is 9.03. The monoisotopic (exact) mass is 502 g/mol. The zero-order valence-corrected chi connectivity index (χ0v) is 22.0. The van der Waals surface area contributed by atoms with Crippen LogP contribution in [-0.2, 0) is 38.1 Å². The van der Waals surface area contributed by atoms with E-state index in [9.17, 15) is 19.2 Å². The van der Waals surface area contributed by atoms with Crippen LogP contribution in [0.15, 0.2) is 11.6 Å². The van der Waals surface area contributed by atoms with E-state index >= 15 is 0 Å². The molecule has 0 N–H and O–H groups in total. The van der Waals surface area contributed by atoms with Crippen molar-refractivity contribution >= 4 is 23.9 Å². The quantitative estimate of drug-likeness (QED) is 0.325. The predicted molar refractivity (Wildman–Crippen MR) is 127 cm³/mol. The minimum atomic E-state index is -0.587. The van der Waals surface area contributed by atoms with Gasteiger partial charge in [-0.2, -0.15) is 0 Å². The Hall–Kier alpha value is -2.38. The van der Waals surface area contributed by atoms with Crippen LogP contribution in [0.4, 0.5) is 0 Å². The number of hydrogen-bond acceptors (Lipinski definition) is 8. The van der Waals surface area contributed by atoms with Crippen LogP contribution in [0.25, 0.3) is 0 Å². The summed E-state index contributed by atoms with van der Waals surface area (Å²) < 4.78 is 23.0. The number of rotatable bonds is 3. The molecule has 4 aliphatic carbocycles. The maximum atomic E-state index is 13.3. The molecule has 5 unspecified atom stereocenters. The zero-order chi connectivity index (χ0) is 26.0. The summed E-state index contributed by atoms with van der Waals surface area (Å²) in [4.78, 5) is 49.7. The van der Waals surface area contributed by atoms with Crippen molar-refractivity contribution in [2.24, 2.45) is 34.5 Å². The van der Waals surface area contributed by atoms with Crippen molar-refractivity contribution in [3.8, 4) is 0 Å². The molecule has 198 valence electrons. The topological polar surface area (TPSA) is 105 Å². The first-order valence-corrected chi connectivity index (χ1v) is 13.3. The molecule has 4 fully saturated rings. The SMILES string of the molecule is COC(=O)C1C=C2C[C@@H](OC(C)=O)CC[C@]2(C)C2C(OC(C)=O)C[C@@]3(C)C(CC[C@@]34CCC(=O)O4)C12. The molecule has 0 bridgehead atoms. The Balaban J connectivity index is 1.62. The first-order chi connectivity index (χ1) is 16.9. The van der Waals surface area contributed by atoms with Crippen molar-refractivity contribution in [2.75, 3.05) is 7.11 Å². The number of fused-ring (bicyclic) bond motifs is 6. The first kappa shape index (κ1) is 25.3. The highest BCUT2D eigenvalue weighted by molar-refractivity contribution is 5.76. The molecular weight excluding hydrogens is 464 g/mol. The highest BCUT2D eigenvalue weighted by Crippen LogP contribution is 2.70. The van der Waals surface area contributed by atoms with E-state index in [0.29, 0.717) is 25.7 Å². The van der Waals surface area contributed by atoms with Gasteiger partial charge < -0.3 is 18.9 Å². The van der Waals surface area contributed by atoms with Crippen LogP contribution < -0.4 is 0 Å². The van der Waals surface area contributed by atoms with Crippen molar-refractivity contribution in [3.05, 3.63) is 11.6 Å². The van der Waals surface area contributed by atoms with E-state index in [4.69, 9.17) is 18.9 Å². The molecule has 0 aromatic carbocycles. The van der Waals surface area contributed by atoms with Crippen LogP contribution in [-0.4, -0.2) is 48.8 Å². The van der Waals surface area contributed by atoms with Crippen LogP contribution in [0.3, 0.4) is 0 Å². The number of methoxy groups -OCH3 is 1. The molecule has 8 heteroatoms. The molecule has 3 saturated carbocycles. The number of carbonyl (C=O) groups is 4. The first-order valence-electron chi connectivity index (χ1n) is 13.3. The Kier molecular flexibility index (Phi) is 6.03. The van der Waals surface area contributed by atoms with E-state index in [0.717, 1.165) is 31.3 Å². The molecule has 0 aromatic rings. The molecule has 0 amide bonds. The molecule has 8 nitrogen and oxygen atoms in total. The Bertz CT molecular complexity index is 1020. The highest BCUT2D eigenvalue weighted by atomic mass is 16.6. The second-order valence-corrected chi connectivity index (χ2v) is 12.1. The van der Waals surface area contributed by atoms with Gasteiger partial charge >= 0.3 is 23.9 Å². The second kappa shape index (κ2) is 8.59. The summed E-state index contributed by atoms with van der Waals surface area (Å²) in [6, 6.07) is 0. The van der Waals surface area contributed by atoms with Gasteiger partial charge in [0, 0.05) is 38.0 Å². The summed E-state index contributed by atoms with van der Waals surface area (Å²) >= 11 is 0. The van der Waals surface area contributed by atoms with Crippen molar-refractivity contribution in [1.82, 2.24) is 0 Å². The fraction of sp³-hybridized carbons (Fsp3) is 0.786. The molecule has 5 aliphatic rings. The van der Waals surface area contributed by atoms with Crippen molar-refractivity contribution in [2.45, 2.75) is 96.9 Å². The van der Waals surface area contributed by atoms with Crippen LogP contribution in [0, 0.1) is 34.5 Å². The molecule has 1 heterocycles. The van der Waals surface area contributed by atoms with Crippen molar-refractivity contribution in [1.29, 1.82) is 0 Å². The van der Waals surface area contributed by atoms with Gasteiger partial charge in [-0.05, 0) is 55.8 Å². The molecule has 5 rings (SSSR count). The van der Waals surface area contributed by atoms with Crippen LogP contribution >= 0.6 is 0 Å². The van der Waals surface area contributed by atoms with Gasteiger partial charge in [0.05, 0.1) is 13.0 Å². The minimum absolute atomic E-state index is 0.0888. The fourth-order valence-corrected chi connectivity index (χ4v) is 9.03. The van der Waals surface area contributed by atoms with E-state index in [1.807, 2.05) is 0 Å². The summed E-state index contributed by atoms with van der Waals surface area (Å²) in [5.74, 6) is -1.72. The van der Waals surface area contributed by atoms with Gasteiger partial charge in [-0.3, -0.25) is 19.2 Å². The number of hydrogen-bond donors (Lipinski definition) is 0. The Labute approximate surface area is 212 Å². The van der Waals surface area contributed by atoms with Crippen LogP contribution in [0.2, 0.25) is 0 Å². The van der Waals surface area contributed by atoms with Gasteiger partial charge in [0.15, 0.2) is 0 Å². The Morgan fingerprint density at radius 2 is 1.75 bits per heavy atom. The summed E-state index contributed by atoms with van der Waals surface area (Å²) in [5.41, 5.74) is -0.229. The summed E-state index contributed by atoms with van der Waals surface area (Å²) in [7, 11) is 1.41. The van der Waals surface area contributed by atoms with E-state index < -0.39 is 23.0 Å². The van der Waals surface area contributed by atoms with Crippen molar-refractivity contribution in [3.63, 3.8) is 0 Å². The van der Waals surface area contributed by atoms with Gasteiger partial charge in [-0.15, -0.1) is 0 Å². The molecule has 0 radical (unpaired) electrons. The normalized spacial score (nSPS) is 45.0. The lowest BCUT2D eigenvalue weighted by atomic mass is 9.44. The lowest BCUT2D eigenvalue weighted by molar-refractivity contribution is -0.204. The molecule has 0 aromatic heterocycles. The van der Waals surface area contributed by atoms with Gasteiger partial charge in [-0.25, -0.2) is 0 Å². The molecule has 1 saturated heterocycles. The highest BCUT2D eigenvalue weighted by Gasteiger charge is 2.71. The minimum Gasteiger partial charge on any atom is -0.469 e. The smallest absolute Gasteiger partial charge is 0.312 e. The molecule has 36 heavy (non-hydrogen) atoms. The van der Waals surface area contributed by atoms with Gasteiger partial charge in [0.2, 0.25) is 0 Å². The maximum absolute atomic E-state index is 13.3. The van der Waals surface area contributed by atoms with E-state index in [2.05, 4.69) is 19.9 Å². The summed E-state index contributed by atoms with van der Waals surface area (Å²) in [5, 5.41) is 0. The Morgan fingerprint density at radius 1 is 1.03 bits per heavy atom. The third kappa shape index (κ3) is 3.61. The average molecular weight is 503 g/mol. The van der Waals surface area contributed by atoms with E-state index in [1.165, 1.54) is 21.0 Å². The lowest BCUT2D eigenvalue weighted by Gasteiger charge is -2.62.